The van der Waals surface area contributed by atoms with E-state index < -0.39 is 0 Å². The molecule has 4 aliphatic rings. The molecule has 0 aromatic rings. The van der Waals surface area contributed by atoms with Crippen molar-refractivity contribution in [2.75, 3.05) is 13.7 Å². The van der Waals surface area contributed by atoms with Crippen molar-refractivity contribution in [3.63, 3.8) is 0 Å². The van der Waals surface area contributed by atoms with Crippen molar-refractivity contribution in [2.45, 2.75) is 52.4 Å². The number of methoxy groups -OCH3 is 1. The van der Waals surface area contributed by atoms with Crippen LogP contribution in [0, 0.1) is 21.7 Å². The summed E-state index contributed by atoms with van der Waals surface area (Å²) in [7, 11) is 1.50. The Morgan fingerprint density at radius 1 is 1.06 bits per heavy atom. The molecule has 0 spiro atoms. The molecule has 4 rings (SSSR count). The van der Waals surface area contributed by atoms with Gasteiger partial charge in [0.2, 0.25) is 0 Å². The number of esters is 1. The van der Waals surface area contributed by atoms with Gasteiger partial charge >= 0.3 is 5.97 Å². The van der Waals surface area contributed by atoms with Crippen LogP contribution in [0.25, 0.3) is 0 Å². The van der Waals surface area contributed by atoms with E-state index in [1.807, 2.05) is 0 Å². The van der Waals surface area contributed by atoms with Crippen LogP contribution in [0.1, 0.15) is 52.4 Å². The molecule has 4 bridgehead atoms. The predicted octanol–water partition coefficient (Wildman–Crippen LogP) is 2.52. The molecule has 0 radical (unpaired) electrons. The molecule has 4 saturated carbocycles. The minimum atomic E-state index is -0.324. The highest BCUT2D eigenvalue weighted by atomic mass is 16.5. The number of ether oxygens (including phenoxy) is 1. The number of aliphatic hydroxyl groups excluding tert-OH is 1. The van der Waals surface area contributed by atoms with E-state index in [1.54, 1.807) is 0 Å². The van der Waals surface area contributed by atoms with Crippen LogP contribution in [-0.4, -0.2) is 24.8 Å². The summed E-state index contributed by atoms with van der Waals surface area (Å²) in [4.78, 5) is 12.3. The lowest BCUT2D eigenvalue weighted by Crippen LogP contribution is -2.62. The molecular weight excluding hydrogens is 228 g/mol. The van der Waals surface area contributed by atoms with Gasteiger partial charge in [-0.1, -0.05) is 13.8 Å². The van der Waals surface area contributed by atoms with Gasteiger partial charge in [0.05, 0.1) is 12.5 Å². The van der Waals surface area contributed by atoms with Gasteiger partial charge in [-0.2, -0.15) is 0 Å². The van der Waals surface area contributed by atoms with E-state index in [9.17, 15) is 9.90 Å². The number of rotatable bonds is 2. The largest absolute Gasteiger partial charge is 0.469 e. The average Bonchev–Trinajstić information content (AvgIpc) is 2.23. The summed E-state index contributed by atoms with van der Waals surface area (Å²) in [5.74, 6) is -0.0446. The van der Waals surface area contributed by atoms with Crippen molar-refractivity contribution in [3.8, 4) is 0 Å². The number of carbonyl (C=O) groups is 1. The first-order valence-corrected chi connectivity index (χ1v) is 6.98. The normalized spacial score (nSPS) is 53.6. The summed E-state index contributed by atoms with van der Waals surface area (Å²) in [5, 5.41) is 9.88. The fourth-order valence-electron chi connectivity index (χ4n) is 6.54. The molecule has 0 heterocycles. The third-order valence-corrected chi connectivity index (χ3v) is 5.65. The average molecular weight is 252 g/mol. The van der Waals surface area contributed by atoms with Crippen molar-refractivity contribution in [1.29, 1.82) is 0 Å². The summed E-state index contributed by atoms with van der Waals surface area (Å²) >= 11 is 0. The first-order valence-electron chi connectivity index (χ1n) is 6.98. The summed E-state index contributed by atoms with van der Waals surface area (Å²) in [6.45, 7) is 4.81. The van der Waals surface area contributed by atoms with Crippen LogP contribution in [0.15, 0.2) is 0 Å². The summed E-state index contributed by atoms with van der Waals surface area (Å²) in [6.07, 6.45) is 6.07. The Labute approximate surface area is 109 Å². The van der Waals surface area contributed by atoms with Gasteiger partial charge in [0.1, 0.15) is 0 Å². The van der Waals surface area contributed by atoms with Gasteiger partial charge < -0.3 is 9.84 Å². The molecule has 0 amide bonds. The Hall–Kier alpha value is -0.570. The first-order chi connectivity index (χ1) is 8.28. The lowest BCUT2D eigenvalue weighted by atomic mass is 9.36. The molecule has 0 aromatic heterocycles. The Bertz CT molecular complexity index is 383. The highest BCUT2D eigenvalue weighted by Gasteiger charge is 2.67. The molecule has 4 fully saturated rings. The van der Waals surface area contributed by atoms with E-state index in [1.165, 1.54) is 13.5 Å². The minimum Gasteiger partial charge on any atom is -0.469 e. The monoisotopic (exact) mass is 252 g/mol. The third kappa shape index (κ3) is 1.49. The molecule has 4 aliphatic carbocycles. The zero-order valence-corrected chi connectivity index (χ0v) is 11.7. The summed E-state index contributed by atoms with van der Waals surface area (Å²) in [6, 6.07) is 0. The highest BCUT2D eigenvalue weighted by Crippen LogP contribution is 2.73. The van der Waals surface area contributed by atoms with Gasteiger partial charge in [0.25, 0.3) is 0 Å². The van der Waals surface area contributed by atoms with E-state index in [0.717, 1.165) is 32.1 Å². The molecule has 18 heavy (non-hydrogen) atoms. The Kier molecular flexibility index (Phi) is 2.28. The molecular formula is C15H24O3. The van der Waals surface area contributed by atoms with E-state index in [-0.39, 0.29) is 34.2 Å². The maximum Gasteiger partial charge on any atom is 0.311 e. The van der Waals surface area contributed by atoms with E-state index >= 15 is 0 Å². The lowest BCUT2D eigenvalue weighted by Gasteiger charge is -2.68. The van der Waals surface area contributed by atoms with E-state index in [4.69, 9.17) is 4.74 Å². The highest BCUT2D eigenvalue weighted by molar-refractivity contribution is 5.77. The second-order valence-corrected chi connectivity index (χ2v) is 8.11. The van der Waals surface area contributed by atoms with Gasteiger partial charge in [-0.15, -0.1) is 0 Å². The van der Waals surface area contributed by atoms with Crippen molar-refractivity contribution >= 4 is 5.97 Å². The van der Waals surface area contributed by atoms with Crippen LogP contribution in [0.4, 0.5) is 0 Å². The standard InChI is InChI=1S/C15H24O3/c1-12-4-13(2)6-14(5-12,10-16)9-15(7-12,8-13)11(17)18-3/h16H,4-10H2,1-3H3. The molecule has 1 N–H and O–H groups in total. The zero-order chi connectivity index (χ0) is 13.2. The zero-order valence-electron chi connectivity index (χ0n) is 11.7. The fraction of sp³-hybridized carbons (Fsp3) is 0.933. The van der Waals surface area contributed by atoms with Crippen LogP contribution in [0.2, 0.25) is 0 Å². The van der Waals surface area contributed by atoms with Crippen molar-refractivity contribution in [3.05, 3.63) is 0 Å². The van der Waals surface area contributed by atoms with Crippen LogP contribution >= 0.6 is 0 Å². The second-order valence-electron chi connectivity index (χ2n) is 8.11. The topological polar surface area (TPSA) is 46.5 Å². The van der Waals surface area contributed by atoms with Crippen molar-refractivity contribution < 1.29 is 14.6 Å². The van der Waals surface area contributed by atoms with E-state index in [2.05, 4.69) is 13.8 Å². The van der Waals surface area contributed by atoms with Crippen molar-refractivity contribution in [1.82, 2.24) is 0 Å². The second kappa shape index (κ2) is 3.30. The molecule has 2 unspecified atom stereocenters. The van der Waals surface area contributed by atoms with Crippen LogP contribution < -0.4 is 0 Å². The molecule has 0 aliphatic heterocycles. The lowest BCUT2D eigenvalue weighted by molar-refractivity contribution is -0.216. The third-order valence-electron chi connectivity index (χ3n) is 5.65. The van der Waals surface area contributed by atoms with Gasteiger partial charge in [0, 0.05) is 6.61 Å². The van der Waals surface area contributed by atoms with E-state index in [0.29, 0.717) is 0 Å². The predicted molar refractivity (Wildman–Crippen MR) is 67.9 cm³/mol. The molecule has 102 valence electrons. The number of hydrogen-bond donors (Lipinski definition) is 1. The van der Waals surface area contributed by atoms with Gasteiger partial charge in [-0.3, -0.25) is 4.79 Å². The summed E-state index contributed by atoms with van der Waals surface area (Å²) < 4.78 is 5.09. The van der Waals surface area contributed by atoms with Crippen LogP contribution in [0.5, 0.6) is 0 Å². The van der Waals surface area contributed by atoms with Crippen LogP contribution in [-0.2, 0) is 9.53 Å². The quantitative estimate of drug-likeness (QED) is 0.768. The Morgan fingerprint density at radius 3 is 2.06 bits per heavy atom. The number of carbonyl (C=O) groups excluding carboxylic acids is 1. The van der Waals surface area contributed by atoms with Crippen LogP contribution in [0.3, 0.4) is 0 Å². The minimum absolute atomic E-state index is 0.0353. The maximum absolute atomic E-state index is 12.3. The molecule has 3 nitrogen and oxygen atoms in total. The van der Waals surface area contributed by atoms with Crippen molar-refractivity contribution in [2.24, 2.45) is 21.7 Å². The Morgan fingerprint density at radius 2 is 1.61 bits per heavy atom. The summed E-state index contributed by atoms with van der Waals surface area (Å²) in [5.41, 5.74) is 0.0585. The smallest absolute Gasteiger partial charge is 0.311 e. The van der Waals surface area contributed by atoms with Gasteiger partial charge in [-0.25, -0.2) is 0 Å². The van der Waals surface area contributed by atoms with Gasteiger partial charge in [0.15, 0.2) is 0 Å². The molecule has 0 saturated heterocycles. The molecule has 0 aromatic carbocycles. The maximum atomic E-state index is 12.3. The molecule has 2 atom stereocenters. The Balaban J connectivity index is 2.07. The molecule has 3 heteroatoms. The fourth-order valence-corrected chi connectivity index (χ4v) is 6.54. The number of aliphatic hydroxyl groups is 1. The van der Waals surface area contributed by atoms with Gasteiger partial charge in [-0.05, 0) is 54.8 Å². The number of hydrogen-bond acceptors (Lipinski definition) is 3. The first kappa shape index (κ1) is 12.5. The SMILES string of the molecule is COC(=O)C12CC3(C)CC(C)(CC(CO)(C3)C1)C2.